The van der Waals surface area contributed by atoms with Crippen molar-refractivity contribution in [2.24, 2.45) is 0 Å². The lowest BCUT2D eigenvalue weighted by Crippen LogP contribution is -2.76. The fourth-order valence-electron chi connectivity index (χ4n) is 7.34. The molecule has 0 radical (unpaired) electrons. The molecule has 0 bridgehead atoms. The number of aromatic amines is 1. The molecule has 168 valence electrons. The van der Waals surface area contributed by atoms with Gasteiger partial charge in [0.2, 0.25) is 6.15 Å². The maximum absolute atomic E-state index is 3.94. The van der Waals surface area contributed by atoms with Crippen molar-refractivity contribution in [1.29, 1.82) is 0 Å². The number of nitrogens with zero attached hydrogens (tertiary/aromatic N) is 1. The van der Waals surface area contributed by atoms with Crippen LogP contribution in [0, 0.1) is 41.5 Å². The third kappa shape index (κ3) is 2.61. The maximum Gasteiger partial charge on any atom is 0.207 e. The van der Waals surface area contributed by atoms with Crippen molar-refractivity contribution in [1.82, 2.24) is 9.55 Å². The summed E-state index contributed by atoms with van der Waals surface area (Å²) < 4.78 is 2.49. The van der Waals surface area contributed by atoms with Gasteiger partial charge in [0.15, 0.2) is 11.0 Å². The van der Waals surface area contributed by atoms with Crippen LogP contribution in [0.15, 0.2) is 72.8 Å². The zero-order valence-corrected chi connectivity index (χ0v) is 21.0. The Balaban J connectivity index is 1.91. The summed E-state index contributed by atoms with van der Waals surface area (Å²) in [5.74, 6) is 0. The maximum atomic E-state index is 3.94. The summed E-state index contributed by atoms with van der Waals surface area (Å²) in [6.07, 6.45) is -1.42. The average Bonchev–Trinajstić information content (AvgIpc) is 3.27. The van der Waals surface area contributed by atoms with Gasteiger partial charge in [-0.1, -0.05) is 75.8 Å². The number of imidazole rings is 1. The van der Waals surface area contributed by atoms with Crippen molar-refractivity contribution in [2.75, 3.05) is 0 Å². The summed E-state index contributed by atoms with van der Waals surface area (Å²) in [4.78, 5) is 3.94. The minimum atomic E-state index is -1.42. The van der Waals surface area contributed by atoms with Gasteiger partial charge in [0.25, 0.3) is 0 Å². The second kappa shape index (κ2) is 7.20. The summed E-state index contributed by atoms with van der Waals surface area (Å²) in [6.45, 7) is 13.6. The van der Waals surface area contributed by atoms with Gasteiger partial charge in [-0.3, -0.25) is 4.98 Å². The lowest BCUT2D eigenvalue weighted by atomic mass is 9.14. The van der Waals surface area contributed by atoms with Crippen molar-refractivity contribution >= 4 is 39.3 Å². The molecule has 2 nitrogen and oxygen atoms in total. The molecule has 1 aromatic heterocycles. The van der Waals surface area contributed by atoms with Crippen molar-refractivity contribution in [2.45, 2.75) is 41.5 Å². The first-order valence-corrected chi connectivity index (χ1v) is 12.3. The number of fused-ring (bicyclic) bond motifs is 5. The third-order valence-electron chi connectivity index (χ3n) is 8.05. The Kier molecular flexibility index (Phi) is 4.45. The second-order valence-electron chi connectivity index (χ2n) is 10.4. The van der Waals surface area contributed by atoms with Crippen LogP contribution in [-0.4, -0.2) is 15.7 Å². The smallest absolute Gasteiger partial charge is 0.207 e. The molecule has 0 atom stereocenters. The molecule has 6 rings (SSSR count). The Bertz CT molecular complexity index is 1520. The number of nitrogens with one attached hydrogen (secondary N) is 1. The number of hydrogen-bond donors (Lipinski definition) is 1. The van der Waals surface area contributed by atoms with E-state index >= 15 is 0 Å². The number of aromatic nitrogens is 2. The van der Waals surface area contributed by atoms with Gasteiger partial charge in [-0.2, -0.15) is 10.9 Å². The Morgan fingerprint density at radius 2 is 1.15 bits per heavy atom. The molecule has 1 N–H and O–H groups in total. The molecule has 1 aliphatic rings. The molecule has 5 aromatic rings. The lowest BCUT2D eigenvalue weighted by molar-refractivity contribution is 1.17. The molecule has 0 saturated heterocycles. The van der Waals surface area contributed by atoms with Crippen LogP contribution in [0.3, 0.4) is 0 Å². The monoisotopic (exact) mass is 442 g/mol. The number of aryl methyl sites for hydroxylation is 6. The van der Waals surface area contributed by atoms with E-state index in [-0.39, 0.29) is 0 Å². The van der Waals surface area contributed by atoms with E-state index in [9.17, 15) is 0 Å². The van der Waals surface area contributed by atoms with E-state index < -0.39 is 6.15 Å². The minimum absolute atomic E-state index is 1.18. The predicted octanol–water partition coefficient (Wildman–Crippen LogP) is 4.78. The molecule has 3 heteroatoms. The second-order valence-corrected chi connectivity index (χ2v) is 10.4. The van der Waals surface area contributed by atoms with Gasteiger partial charge >= 0.3 is 0 Å². The average molecular weight is 442 g/mol. The van der Waals surface area contributed by atoms with Crippen molar-refractivity contribution in [3.8, 4) is 5.69 Å². The van der Waals surface area contributed by atoms with Crippen LogP contribution in [0.2, 0.25) is 0 Å². The number of rotatable bonds is 2. The summed E-state index contributed by atoms with van der Waals surface area (Å²) in [7, 11) is 0. The topological polar surface area (TPSA) is 20.7 Å². The highest BCUT2D eigenvalue weighted by atomic mass is 15.1. The molecule has 2 heterocycles. The molecule has 4 aromatic carbocycles. The molecule has 1 aliphatic heterocycles. The van der Waals surface area contributed by atoms with Gasteiger partial charge in [0.05, 0.1) is 5.69 Å². The molecule has 0 fully saturated rings. The van der Waals surface area contributed by atoms with Crippen LogP contribution >= 0.6 is 0 Å². The molecular formula is C31H31BN2. The van der Waals surface area contributed by atoms with E-state index in [2.05, 4.69) is 124 Å². The number of para-hydroxylation sites is 3. The number of H-pyrrole nitrogens is 1. The van der Waals surface area contributed by atoms with Gasteiger partial charge in [-0.15, -0.1) is 5.46 Å². The van der Waals surface area contributed by atoms with Gasteiger partial charge < -0.3 is 0 Å². The van der Waals surface area contributed by atoms with Gasteiger partial charge in [-0.25, -0.2) is 4.57 Å². The molecule has 0 saturated carbocycles. The lowest BCUT2D eigenvalue weighted by Gasteiger charge is -2.40. The van der Waals surface area contributed by atoms with Crippen LogP contribution in [0.5, 0.6) is 0 Å². The van der Waals surface area contributed by atoms with Crippen LogP contribution in [0.4, 0.5) is 0 Å². The Morgan fingerprint density at radius 1 is 0.647 bits per heavy atom. The molecule has 0 unspecified atom stereocenters. The van der Waals surface area contributed by atoms with Crippen LogP contribution in [-0.2, 0) is 0 Å². The summed E-state index contributed by atoms with van der Waals surface area (Å²) in [6, 6.07) is 27.2. The van der Waals surface area contributed by atoms with Crippen LogP contribution in [0.1, 0.15) is 33.4 Å². The van der Waals surface area contributed by atoms with E-state index in [0.29, 0.717) is 0 Å². The van der Waals surface area contributed by atoms with Gasteiger partial charge in [-0.05, 0) is 53.7 Å². The molecule has 0 aliphatic carbocycles. The standard InChI is InChI=1S/C31H31BN2/c1-19-15-21(3)29(22(4)16-19)32(30-23(5)17-20(2)18-24(30)6)25-11-7-9-13-27(25)34-28-14-10-8-12-26(28)33-31(32)34/h7-18,33H,1-6H3. The van der Waals surface area contributed by atoms with Crippen molar-refractivity contribution < 1.29 is 0 Å². The zero-order chi connectivity index (χ0) is 23.8. The van der Waals surface area contributed by atoms with Crippen molar-refractivity contribution in [3.63, 3.8) is 0 Å². The zero-order valence-electron chi connectivity index (χ0n) is 21.0. The fourth-order valence-corrected chi connectivity index (χ4v) is 7.34. The highest BCUT2D eigenvalue weighted by Gasteiger charge is 2.49. The first-order chi connectivity index (χ1) is 16.3. The van der Waals surface area contributed by atoms with E-state index in [1.54, 1.807) is 0 Å². The SMILES string of the molecule is Cc1cc(C)c([B-]2(c3c(C)cc(C)cc3C)c3ccccc3-n3c4ccccc4[nH][c+]32)c(C)c1. The molecular weight excluding hydrogens is 411 g/mol. The number of hydrogen-bond acceptors (Lipinski definition) is 0. The first kappa shape index (κ1) is 21.0. The Labute approximate surface area is 202 Å². The molecule has 0 amide bonds. The number of benzene rings is 4. The summed E-state index contributed by atoms with van der Waals surface area (Å²) in [5, 5.41) is 0. The van der Waals surface area contributed by atoms with Crippen LogP contribution in [0.25, 0.3) is 16.7 Å². The van der Waals surface area contributed by atoms with Crippen molar-refractivity contribution in [3.05, 3.63) is 106 Å². The predicted molar refractivity (Wildman–Crippen MR) is 148 cm³/mol. The first-order valence-electron chi connectivity index (χ1n) is 12.3. The summed E-state index contributed by atoms with van der Waals surface area (Å²) >= 11 is 0. The van der Waals surface area contributed by atoms with E-state index in [4.69, 9.17) is 0 Å². The quantitative estimate of drug-likeness (QED) is 0.294. The molecule has 0 spiro atoms. The minimum Gasteiger partial charge on any atom is -0.295 e. The largest absolute Gasteiger partial charge is 0.295 e. The summed E-state index contributed by atoms with van der Waals surface area (Å²) in [5.41, 5.74) is 17.4. The van der Waals surface area contributed by atoms with E-state index in [1.807, 2.05) is 0 Å². The normalized spacial score (nSPS) is 13.8. The van der Waals surface area contributed by atoms with E-state index in [1.165, 1.54) is 72.2 Å². The highest BCUT2D eigenvalue weighted by molar-refractivity contribution is 7.21. The molecule has 34 heavy (non-hydrogen) atoms. The Hall–Kier alpha value is -3.59. The fraction of sp³-hybridized carbons (Fsp3) is 0.194. The van der Waals surface area contributed by atoms with Crippen LogP contribution < -0.4 is 22.1 Å². The third-order valence-corrected chi connectivity index (χ3v) is 8.05. The van der Waals surface area contributed by atoms with E-state index in [0.717, 1.165) is 0 Å². The van der Waals surface area contributed by atoms with Gasteiger partial charge in [0.1, 0.15) is 0 Å². The van der Waals surface area contributed by atoms with Gasteiger partial charge in [0, 0.05) is 23.9 Å². The highest BCUT2D eigenvalue weighted by Crippen LogP contribution is 2.29. The Morgan fingerprint density at radius 3 is 1.74 bits per heavy atom.